The number of halogens is 1. The van der Waals surface area contributed by atoms with Gasteiger partial charge in [-0.15, -0.1) is 23.4 Å². The Bertz CT molecular complexity index is 271. The standard InChI is InChI=1S/C11H15ClS/c1-9-4-5-11(8-10(9)2)13-7-3-6-12/h4-5,8H,3,6-7H2,1-2H3. The van der Waals surface area contributed by atoms with Gasteiger partial charge in [-0.1, -0.05) is 6.07 Å². The number of rotatable bonds is 4. The summed E-state index contributed by atoms with van der Waals surface area (Å²) in [7, 11) is 0. The minimum atomic E-state index is 0.762. The quantitative estimate of drug-likeness (QED) is 0.415. The summed E-state index contributed by atoms with van der Waals surface area (Å²) < 4.78 is 0. The summed E-state index contributed by atoms with van der Waals surface area (Å²) >= 11 is 7.49. The topological polar surface area (TPSA) is 0 Å². The first-order chi connectivity index (χ1) is 6.24. The maximum Gasteiger partial charge on any atom is 0.0231 e. The van der Waals surface area contributed by atoms with E-state index in [9.17, 15) is 0 Å². The Labute approximate surface area is 89.7 Å². The number of hydrogen-bond acceptors (Lipinski definition) is 1. The van der Waals surface area contributed by atoms with Crippen LogP contribution in [0, 0.1) is 13.8 Å². The van der Waals surface area contributed by atoms with Gasteiger partial charge in [-0.3, -0.25) is 0 Å². The van der Waals surface area contributed by atoms with Crippen molar-refractivity contribution >= 4 is 23.4 Å². The van der Waals surface area contributed by atoms with Crippen LogP contribution in [-0.4, -0.2) is 11.6 Å². The Balaban J connectivity index is 2.53. The fraction of sp³-hybridized carbons (Fsp3) is 0.455. The molecule has 0 atom stereocenters. The molecule has 0 aliphatic rings. The van der Waals surface area contributed by atoms with Crippen LogP contribution in [0.15, 0.2) is 23.1 Å². The van der Waals surface area contributed by atoms with Crippen molar-refractivity contribution in [1.82, 2.24) is 0 Å². The van der Waals surface area contributed by atoms with Gasteiger partial charge in [0.15, 0.2) is 0 Å². The second kappa shape index (κ2) is 5.56. The number of alkyl halides is 1. The molecule has 0 aliphatic heterocycles. The molecule has 72 valence electrons. The van der Waals surface area contributed by atoms with Gasteiger partial charge in [0.25, 0.3) is 0 Å². The van der Waals surface area contributed by atoms with Crippen molar-refractivity contribution in [2.24, 2.45) is 0 Å². The van der Waals surface area contributed by atoms with Gasteiger partial charge in [-0.2, -0.15) is 0 Å². The van der Waals surface area contributed by atoms with E-state index in [1.54, 1.807) is 0 Å². The first-order valence-electron chi connectivity index (χ1n) is 4.50. The predicted octanol–water partition coefficient (Wildman–Crippen LogP) is 4.02. The molecule has 0 aliphatic carbocycles. The summed E-state index contributed by atoms with van der Waals surface area (Å²) in [6.45, 7) is 4.30. The van der Waals surface area contributed by atoms with Gasteiger partial charge in [0.05, 0.1) is 0 Å². The fourth-order valence-corrected chi connectivity index (χ4v) is 2.29. The molecule has 2 heteroatoms. The lowest BCUT2D eigenvalue weighted by atomic mass is 10.1. The van der Waals surface area contributed by atoms with Crippen molar-refractivity contribution in [3.05, 3.63) is 29.3 Å². The number of aryl methyl sites for hydroxylation is 2. The maximum atomic E-state index is 5.61. The zero-order chi connectivity index (χ0) is 9.68. The Morgan fingerprint density at radius 2 is 2.00 bits per heavy atom. The van der Waals surface area contributed by atoms with E-state index in [0.717, 1.165) is 18.1 Å². The smallest absolute Gasteiger partial charge is 0.0231 e. The second-order valence-corrected chi connectivity index (χ2v) is 4.68. The predicted molar refractivity (Wildman–Crippen MR) is 62.0 cm³/mol. The Morgan fingerprint density at radius 1 is 1.23 bits per heavy atom. The first kappa shape index (κ1) is 10.9. The average molecular weight is 215 g/mol. The minimum absolute atomic E-state index is 0.762. The highest BCUT2D eigenvalue weighted by Crippen LogP contribution is 2.21. The van der Waals surface area contributed by atoms with Crippen LogP contribution >= 0.6 is 23.4 Å². The molecule has 1 aromatic carbocycles. The van der Waals surface area contributed by atoms with Crippen LogP contribution in [0.25, 0.3) is 0 Å². The van der Waals surface area contributed by atoms with Crippen LogP contribution in [0.5, 0.6) is 0 Å². The molecule has 0 bridgehead atoms. The number of hydrogen-bond donors (Lipinski definition) is 0. The molecule has 0 fully saturated rings. The Hall–Kier alpha value is -0.140. The molecule has 0 saturated carbocycles. The molecular formula is C11H15ClS. The van der Waals surface area contributed by atoms with Gasteiger partial charge < -0.3 is 0 Å². The van der Waals surface area contributed by atoms with Gasteiger partial charge >= 0.3 is 0 Å². The zero-order valence-corrected chi connectivity index (χ0v) is 9.71. The van der Waals surface area contributed by atoms with Crippen LogP contribution < -0.4 is 0 Å². The lowest BCUT2D eigenvalue weighted by Crippen LogP contribution is -1.84. The van der Waals surface area contributed by atoms with Crippen molar-refractivity contribution in [2.45, 2.75) is 25.2 Å². The summed E-state index contributed by atoms with van der Waals surface area (Å²) in [4.78, 5) is 1.35. The van der Waals surface area contributed by atoms with Gasteiger partial charge in [0, 0.05) is 10.8 Å². The molecular weight excluding hydrogens is 200 g/mol. The lowest BCUT2D eigenvalue weighted by molar-refractivity contribution is 1.11. The largest absolute Gasteiger partial charge is 0.127 e. The van der Waals surface area contributed by atoms with E-state index in [4.69, 9.17) is 11.6 Å². The summed E-state index contributed by atoms with van der Waals surface area (Å²) in [5.74, 6) is 1.88. The summed E-state index contributed by atoms with van der Waals surface area (Å²) in [5.41, 5.74) is 2.73. The fourth-order valence-electron chi connectivity index (χ4n) is 1.05. The zero-order valence-electron chi connectivity index (χ0n) is 8.14. The van der Waals surface area contributed by atoms with Crippen LogP contribution in [0.1, 0.15) is 17.5 Å². The lowest BCUT2D eigenvalue weighted by Gasteiger charge is -2.03. The first-order valence-corrected chi connectivity index (χ1v) is 6.02. The van der Waals surface area contributed by atoms with Gasteiger partial charge in [0.1, 0.15) is 0 Å². The normalized spacial score (nSPS) is 10.4. The molecule has 0 nitrogen and oxygen atoms in total. The highest BCUT2D eigenvalue weighted by Gasteiger charge is 1.96. The van der Waals surface area contributed by atoms with E-state index in [1.807, 2.05) is 11.8 Å². The summed E-state index contributed by atoms with van der Waals surface area (Å²) in [6, 6.07) is 6.60. The van der Waals surface area contributed by atoms with Crippen molar-refractivity contribution in [3.63, 3.8) is 0 Å². The molecule has 1 aromatic rings. The molecule has 0 aromatic heterocycles. The molecule has 0 N–H and O–H groups in total. The third-order valence-corrected chi connectivity index (χ3v) is 3.37. The van der Waals surface area contributed by atoms with Crippen LogP contribution in [0.2, 0.25) is 0 Å². The third-order valence-electron chi connectivity index (χ3n) is 2.03. The summed E-state index contributed by atoms with van der Waals surface area (Å²) in [5, 5.41) is 0. The average Bonchev–Trinajstić information content (AvgIpc) is 2.12. The van der Waals surface area contributed by atoms with Crippen molar-refractivity contribution in [1.29, 1.82) is 0 Å². The maximum absolute atomic E-state index is 5.61. The molecule has 0 heterocycles. The minimum Gasteiger partial charge on any atom is -0.127 e. The van der Waals surface area contributed by atoms with E-state index in [2.05, 4.69) is 32.0 Å². The van der Waals surface area contributed by atoms with Crippen LogP contribution in [0.3, 0.4) is 0 Å². The Kier molecular flexibility index (Phi) is 4.68. The Morgan fingerprint density at radius 3 is 2.62 bits per heavy atom. The van der Waals surface area contributed by atoms with E-state index in [0.29, 0.717) is 0 Å². The molecule has 0 saturated heterocycles. The molecule has 0 unspecified atom stereocenters. The van der Waals surface area contributed by atoms with E-state index >= 15 is 0 Å². The highest BCUT2D eigenvalue weighted by molar-refractivity contribution is 7.99. The second-order valence-electron chi connectivity index (χ2n) is 3.14. The molecule has 0 amide bonds. The van der Waals surface area contributed by atoms with Crippen LogP contribution in [0.4, 0.5) is 0 Å². The van der Waals surface area contributed by atoms with Crippen molar-refractivity contribution in [2.75, 3.05) is 11.6 Å². The SMILES string of the molecule is Cc1ccc(SCCCCl)cc1C. The van der Waals surface area contributed by atoms with Gasteiger partial charge in [-0.05, 0) is 49.3 Å². The van der Waals surface area contributed by atoms with Crippen molar-refractivity contribution < 1.29 is 0 Å². The van der Waals surface area contributed by atoms with E-state index < -0.39 is 0 Å². The molecule has 13 heavy (non-hydrogen) atoms. The molecule has 0 radical (unpaired) electrons. The summed E-state index contributed by atoms with van der Waals surface area (Å²) in [6.07, 6.45) is 1.08. The molecule has 1 rings (SSSR count). The van der Waals surface area contributed by atoms with Gasteiger partial charge in [0.2, 0.25) is 0 Å². The highest BCUT2D eigenvalue weighted by atomic mass is 35.5. The van der Waals surface area contributed by atoms with E-state index in [-0.39, 0.29) is 0 Å². The third kappa shape index (κ3) is 3.61. The number of thioether (sulfide) groups is 1. The number of benzene rings is 1. The molecule has 0 spiro atoms. The van der Waals surface area contributed by atoms with E-state index in [1.165, 1.54) is 16.0 Å². The van der Waals surface area contributed by atoms with Crippen LogP contribution in [-0.2, 0) is 0 Å². The van der Waals surface area contributed by atoms with Crippen molar-refractivity contribution in [3.8, 4) is 0 Å². The monoisotopic (exact) mass is 214 g/mol. The van der Waals surface area contributed by atoms with Gasteiger partial charge in [-0.25, -0.2) is 0 Å².